The largest absolute Gasteiger partial charge is 0.369 e. The molecule has 2 heterocycles. The summed E-state index contributed by atoms with van der Waals surface area (Å²) < 4.78 is 0. The lowest BCUT2D eigenvalue weighted by molar-refractivity contribution is -0.122. The van der Waals surface area contributed by atoms with Gasteiger partial charge in [-0.05, 0) is 37.8 Å². The average molecular weight is 316 g/mol. The predicted octanol–water partition coefficient (Wildman–Crippen LogP) is 1.23. The second-order valence-electron chi connectivity index (χ2n) is 6.22. The monoisotopic (exact) mass is 316 g/mol. The summed E-state index contributed by atoms with van der Waals surface area (Å²) in [6.07, 6.45) is 3.55. The maximum Gasteiger partial charge on any atom is 0.315 e. The summed E-state index contributed by atoms with van der Waals surface area (Å²) in [5.41, 5.74) is 1.18. The van der Waals surface area contributed by atoms with Crippen molar-refractivity contribution in [1.29, 1.82) is 0 Å². The highest BCUT2D eigenvalue weighted by atomic mass is 16.2. The Labute approximate surface area is 136 Å². The molecule has 23 heavy (non-hydrogen) atoms. The number of rotatable bonds is 3. The highest BCUT2D eigenvalue weighted by Crippen LogP contribution is 2.19. The van der Waals surface area contributed by atoms with E-state index in [9.17, 15) is 9.59 Å². The number of anilines is 1. The van der Waals surface area contributed by atoms with E-state index in [1.54, 1.807) is 0 Å². The van der Waals surface area contributed by atoms with Gasteiger partial charge in [0.2, 0.25) is 5.91 Å². The summed E-state index contributed by atoms with van der Waals surface area (Å²) in [6, 6.07) is 9.66. The van der Waals surface area contributed by atoms with Crippen LogP contribution in [0.2, 0.25) is 0 Å². The van der Waals surface area contributed by atoms with Gasteiger partial charge >= 0.3 is 6.03 Å². The molecule has 2 atom stereocenters. The van der Waals surface area contributed by atoms with Crippen molar-refractivity contribution in [2.24, 2.45) is 0 Å². The van der Waals surface area contributed by atoms with Crippen LogP contribution in [0.1, 0.15) is 25.7 Å². The van der Waals surface area contributed by atoms with E-state index < -0.39 is 6.04 Å². The molecule has 2 fully saturated rings. The zero-order valence-corrected chi connectivity index (χ0v) is 13.3. The van der Waals surface area contributed by atoms with E-state index in [1.165, 1.54) is 5.69 Å². The van der Waals surface area contributed by atoms with Gasteiger partial charge in [0.15, 0.2) is 0 Å². The van der Waals surface area contributed by atoms with Crippen molar-refractivity contribution in [2.45, 2.75) is 37.8 Å². The predicted molar refractivity (Wildman–Crippen MR) is 89.4 cm³/mol. The second kappa shape index (κ2) is 7.35. The molecule has 3 rings (SSSR count). The van der Waals surface area contributed by atoms with Gasteiger partial charge in [-0.3, -0.25) is 4.79 Å². The minimum atomic E-state index is -0.413. The molecule has 0 saturated carbocycles. The average Bonchev–Trinajstić information content (AvgIpc) is 2.93. The number of nitrogens with zero attached hydrogens (tertiary/aromatic N) is 1. The first-order valence-corrected chi connectivity index (χ1v) is 8.37. The molecule has 3 amide bonds. The molecule has 3 N–H and O–H groups in total. The molecular formula is C17H24N4O2. The smallest absolute Gasteiger partial charge is 0.315 e. The number of carbonyl (C=O) groups is 2. The topological polar surface area (TPSA) is 73.5 Å². The fourth-order valence-electron chi connectivity index (χ4n) is 3.21. The highest BCUT2D eigenvalue weighted by molar-refractivity contribution is 5.87. The third-order valence-corrected chi connectivity index (χ3v) is 4.49. The molecule has 2 aliphatic heterocycles. The van der Waals surface area contributed by atoms with Gasteiger partial charge < -0.3 is 20.9 Å². The van der Waals surface area contributed by atoms with Gasteiger partial charge in [0.25, 0.3) is 0 Å². The number of benzene rings is 1. The number of carbonyl (C=O) groups excluding carboxylic acids is 2. The molecule has 0 bridgehead atoms. The summed E-state index contributed by atoms with van der Waals surface area (Å²) >= 11 is 0. The van der Waals surface area contributed by atoms with Crippen molar-refractivity contribution >= 4 is 17.6 Å². The van der Waals surface area contributed by atoms with Crippen LogP contribution in [0, 0.1) is 0 Å². The molecular weight excluding hydrogens is 292 g/mol. The maximum atomic E-state index is 12.1. The quantitative estimate of drug-likeness (QED) is 0.785. The van der Waals surface area contributed by atoms with E-state index in [4.69, 9.17) is 0 Å². The van der Waals surface area contributed by atoms with Crippen molar-refractivity contribution in [3.8, 4) is 0 Å². The van der Waals surface area contributed by atoms with Crippen LogP contribution in [0.4, 0.5) is 10.5 Å². The number of amides is 3. The highest BCUT2D eigenvalue weighted by Gasteiger charge is 2.26. The van der Waals surface area contributed by atoms with Gasteiger partial charge in [-0.25, -0.2) is 4.79 Å². The van der Waals surface area contributed by atoms with E-state index in [0.29, 0.717) is 13.0 Å². The van der Waals surface area contributed by atoms with Gasteiger partial charge in [-0.2, -0.15) is 0 Å². The first kappa shape index (κ1) is 15.6. The van der Waals surface area contributed by atoms with Gasteiger partial charge in [0.1, 0.15) is 6.04 Å². The summed E-state index contributed by atoms with van der Waals surface area (Å²) in [7, 11) is 0. The summed E-state index contributed by atoms with van der Waals surface area (Å²) in [5, 5.41) is 8.64. The summed E-state index contributed by atoms with van der Waals surface area (Å²) in [6.45, 7) is 2.43. The Balaban J connectivity index is 1.48. The van der Waals surface area contributed by atoms with Crippen LogP contribution in [0.5, 0.6) is 0 Å². The van der Waals surface area contributed by atoms with Crippen LogP contribution in [-0.2, 0) is 4.79 Å². The molecule has 124 valence electrons. The van der Waals surface area contributed by atoms with E-state index in [0.717, 1.165) is 32.4 Å². The molecule has 0 aromatic heterocycles. The fraction of sp³-hybridized carbons (Fsp3) is 0.529. The molecule has 1 aromatic rings. The number of urea groups is 1. The summed E-state index contributed by atoms with van der Waals surface area (Å²) in [4.78, 5) is 26.3. The Hall–Kier alpha value is -2.24. The number of nitrogens with one attached hydrogen (secondary N) is 3. The molecule has 0 aliphatic carbocycles. The van der Waals surface area contributed by atoms with E-state index >= 15 is 0 Å². The summed E-state index contributed by atoms with van der Waals surface area (Å²) in [5.74, 6) is -0.0741. The zero-order chi connectivity index (χ0) is 16.1. The Bertz CT molecular complexity index is 549. The van der Waals surface area contributed by atoms with Gasteiger partial charge in [-0.15, -0.1) is 0 Å². The minimum absolute atomic E-state index is 0.0741. The van der Waals surface area contributed by atoms with Crippen LogP contribution in [0.15, 0.2) is 30.3 Å². The van der Waals surface area contributed by atoms with Crippen LogP contribution in [0.25, 0.3) is 0 Å². The van der Waals surface area contributed by atoms with Crippen molar-refractivity contribution in [3.63, 3.8) is 0 Å². The zero-order valence-electron chi connectivity index (χ0n) is 13.3. The van der Waals surface area contributed by atoms with Crippen molar-refractivity contribution < 1.29 is 9.59 Å². The Morgan fingerprint density at radius 3 is 2.78 bits per heavy atom. The maximum absolute atomic E-state index is 12.1. The van der Waals surface area contributed by atoms with Crippen LogP contribution in [-0.4, -0.2) is 43.7 Å². The van der Waals surface area contributed by atoms with Crippen LogP contribution >= 0.6 is 0 Å². The first-order valence-electron chi connectivity index (χ1n) is 8.37. The molecule has 0 radical (unpaired) electrons. The Morgan fingerprint density at radius 2 is 1.96 bits per heavy atom. The standard InChI is InChI=1S/C17H24N4O2/c22-16-15(8-4-5-10-18-16)20-17(23)19-13-9-11-21(12-13)14-6-2-1-3-7-14/h1-3,6-7,13,15H,4-5,8-12H2,(H,18,22)(H2,19,20,23). The molecule has 2 aliphatic rings. The molecule has 6 heteroatoms. The van der Waals surface area contributed by atoms with Gasteiger partial charge in [-0.1, -0.05) is 18.2 Å². The van der Waals surface area contributed by atoms with Crippen molar-refractivity contribution in [3.05, 3.63) is 30.3 Å². The molecule has 6 nitrogen and oxygen atoms in total. The molecule has 1 aromatic carbocycles. The fourth-order valence-corrected chi connectivity index (χ4v) is 3.21. The number of para-hydroxylation sites is 1. The third kappa shape index (κ3) is 4.15. The lowest BCUT2D eigenvalue weighted by Gasteiger charge is -2.20. The van der Waals surface area contributed by atoms with E-state index in [-0.39, 0.29) is 18.0 Å². The van der Waals surface area contributed by atoms with Crippen LogP contribution in [0.3, 0.4) is 0 Å². The minimum Gasteiger partial charge on any atom is -0.369 e. The Morgan fingerprint density at radius 1 is 1.13 bits per heavy atom. The lowest BCUT2D eigenvalue weighted by Crippen LogP contribution is -2.51. The lowest BCUT2D eigenvalue weighted by atomic mass is 10.1. The number of hydrogen-bond donors (Lipinski definition) is 3. The SMILES string of the molecule is O=C(NC1CCN(c2ccccc2)C1)NC1CCCCNC1=O. The Kier molecular flexibility index (Phi) is 5.00. The normalized spacial score (nSPS) is 24.7. The van der Waals surface area contributed by atoms with Crippen LogP contribution < -0.4 is 20.9 Å². The van der Waals surface area contributed by atoms with Crippen molar-refractivity contribution in [1.82, 2.24) is 16.0 Å². The van der Waals surface area contributed by atoms with E-state index in [1.807, 2.05) is 18.2 Å². The molecule has 2 unspecified atom stereocenters. The molecule has 0 spiro atoms. The first-order chi connectivity index (χ1) is 11.2. The van der Waals surface area contributed by atoms with Crippen molar-refractivity contribution in [2.75, 3.05) is 24.5 Å². The van der Waals surface area contributed by atoms with E-state index in [2.05, 4.69) is 33.0 Å². The second-order valence-corrected chi connectivity index (χ2v) is 6.22. The van der Waals surface area contributed by atoms with Gasteiger partial charge in [0, 0.05) is 31.4 Å². The molecule has 2 saturated heterocycles. The van der Waals surface area contributed by atoms with Gasteiger partial charge in [0.05, 0.1) is 0 Å². The third-order valence-electron chi connectivity index (χ3n) is 4.49. The number of hydrogen-bond acceptors (Lipinski definition) is 3.